The molecule has 5 heteroatoms. The van der Waals surface area contributed by atoms with Crippen LogP contribution in [0.15, 0.2) is 0 Å². The van der Waals surface area contributed by atoms with E-state index in [1.54, 1.807) is 7.11 Å². The van der Waals surface area contributed by atoms with E-state index in [2.05, 4.69) is 29.1 Å². The highest BCUT2D eigenvalue weighted by molar-refractivity contribution is 5.54. The van der Waals surface area contributed by atoms with E-state index >= 15 is 0 Å². The van der Waals surface area contributed by atoms with Gasteiger partial charge in [-0.25, -0.2) is 9.97 Å². The smallest absolute Gasteiger partial charge is 0.135 e. The number of methoxy groups -OCH3 is 1. The van der Waals surface area contributed by atoms with E-state index in [1.165, 1.54) is 0 Å². The van der Waals surface area contributed by atoms with Crippen LogP contribution in [0.25, 0.3) is 0 Å². The highest BCUT2D eigenvalue weighted by Crippen LogP contribution is 2.20. The van der Waals surface area contributed by atoms with Gasteiger partial charge in [-0.1, -0.05) is 13.8 Å². The second kappa shape index (κ2) is 7.94. The number of hydrogen-bond donors (Lipinski definition) is 2. The maximum Gasteiger partial charge on any atom is 0.135 e. The highest BCUT2D eigenvalue weighted by Gasteiger charge is 2.10. The fourth-order valence-electron chi connectivity index (χ4n) is 1.74. The molecule has 0 amide bonds. The molecule has 0 spiro atoms. The van der Waals surface area contributed by atoms with Crippen LogP contribution < -0.4 is 11.1 Å². The summed E-state index contributed by atoms with van der Waals surface area (Å²) in [4.78, 5) is 8.85. The second-order valence-electron chi connectivity index (χ2n) is 5.08. The minimum atomic E-state index is 0.283. The molecular weight excluding hydrogens is 240 g/mol. The van der Waals surface area contributed by atoms with Gasteiger partial charge in [0.1, 0.15) is 17.5 Å². The molecule has 3 N–H and O–H groups in total. The number of unbranched alkanes of at least 4 members (excludes halogenated alkanes) is 2. The molecule has 1 aromatic heterocycles. The number of nitrogens with two attached hydrogens (primary N) is 1. The van der Waals surface area contributed by atoms with Gasteiger partial charge in [-0.05, 0) is 26.2 Å². The van der Waals surface area contributed by atoms with Crippen molar-refractivity contribution in [1.82, 2.24) is 9.97 Å². The van der Waals surface area contributed by atoms with Crippen LogP contribution in [0.5, 0.6) is 0 Å². The summed E-state index contributed by atoms with van der Waals surface area (Å²) >= 11 is 0. The molecule has 0 aromatic carbocycles. The minimum absolute atomic E-state index is 0.283. The van der Waals surface area contributed by atoms with Crippen LogP contribution in [0.2, 0.25) is 0 Å². The van der Waals surface area contributed by atoms with Crippen molar-refractivity contribution < 1.29 is 4.74 Å². The van der Waals surface area contributed by atoms with Crippen molar-refractivity contribution in [3.63, 3.8) is 0 Å². The van der Waals surface area contributed by atoms with Crippen LogP contribution in [0.1, 0.15) is 50.4 Å². The Hall–Kier alpha value is -1.36. The van der Waals surface area contributed by atoms with Gasteiger partial charge in [0, 0.05) is 31.7 Å². The van der Waals surface area contributed by atoms with Gasteiger partial charge in [0.25, 0.3) is 0 Å². The van der Waals surface area contributed by atoms with E-state index in [-0.39, 0.29) is 5.92 Å². The van der Waals surface area contributed by atoms with Gasteiger partial charge >= 0.3 is 0 Å². The number of rotatable bonds is 8. The molecule has 0 aliphatic rings. The highest BCUT2D eigenvalue weighted by atomic mass is 16.5. The third-order valence-corrected chi connectivity index (χ3v) is 3.03. The van der Waals surface area contributed by atoms with Crippen LogP contribution in [-0.4, -0.2) is 30.2 Å². The third kappa shape index (κ3) is 5.03. The predicted molar refractivity (Wildman–Crippen MR) is 79.5 cm³/mol. The van der Waals surface area contributed by atoms with Gasteiger partial charge in [-0.2, -0.15) is 0 Å². The zero-order valence-electron chi connectivity index (χ0n) is 12.5. The number of nitrogens with zero attached hydrogens (tertiary/aromatic N) is 2. The number of aromatic nitrogens is 2. The molecule has 0 aliphatic heterocycles. The zero-order chi connectivity index (χ0) is 14.3. The molecular formula is C14H26N4O. The molecule has 0 unspecified atom stereocenters. The van der Waals surface area contributed by atoms with Gasteiger partial charge in [0.2, 0.25) is 0 Å². The molecule has 0 aliphatic carbocycles. The molecule has 1 rings (SSSR count). The fraction of sp³-hybridized carbons (Fsp3) is 0.714. The van der Waals surface area contributed by atoms with Crippen LogP contribution in [0.3, 0.4) is 0 Å². The Labute approximate surface area is 116 Å². The van der Waals surface area contributed by atoms with Crippen LogP contribution in [0, 0.1) is 6.92 Å². The standard InChI is InChI=1S/C14H26N4O/c1-10(2)13-17-12(15)11(3)14(18-13)16-8-6-5-7-9-19-4/h10H,5-9H2,1-4H3,(H3,15,16,17,18). The lowest BCUT2D eigenvalue weighted by atomic mass is 10.2. The normalized spacial score (nSPS) is 11.0. The quantitative estimate of drug-likeness (QED) is 0.708. The third-order valence-electron chi connectivity index (χ3n) is 3.03. The molecule has 0 fully saturated rings. The SMILES string of the molecule is COCCCCCNc1nc(C(C)C)nc(N)c1C. The Kier molecular flexibility index (Phi) is 6.56. The lowest BCUT2D eigenvalue weighted by Gasteiger charge is -2.13. The van der Waals surface area contributed by atoms with Crippen molar-refractivity contribution in [2.24, 2.45) is 0 Å². The van der Waals surface area contributed by atoms with Crippen molar-refractivity contribution in [2.75, 3.05) is 31.3 Å². The Bertz CT molecular complexity index is 393. The molecule has 0 saturated carbocycles. The summed E-state index contributed by atoms with van der Waals surface area (Å²) in [7, 11) is 1.73. The molecule has 19 heavy (non-hydrogen) atoms. The zero-order valence-corrected chi connectivity index (χ0v) is 12.5. The fourth-order valence-corrected chi connectivity index (χ4v) is 1.74. The Balaban J connectivity index is 2.52. The molecule has 1 heterocycles. The van der Waals surface area contributed by atoms with Gasteiger partial charge in [-0.15, -0.1) is 0 Å². The molecule has 0 radical (unpaired) electrons. The van der Waals surface area contributed by atoms with Crippen molar-refractivity contribution in [1.29, 1.82) is 0 Å². The summed E-state index contributed by atoms with van der Waals surface area (Å²) in [5.41, 5.74) is 6.85. The summed E-state index contributed by atoms with van der Waals surface area (Å²) in [6.45, 7) is 7.82. The van der Waals surface area contributed by atoms with Gasteiger partial charge in [-0.3, -0.25) is 0 Å². The van der Waals surface area contributed by atoms with Gasteiger partial charge in [0.05, 0.1) is 0 Å². The molecule has 108 valence electrons. The van der Waals surface area contributed by atoms with Crippen LogP contribution in [-0.2, 0) is 4.74 Å². The maximum atomic E-state index is 5.92. The van der Waals surface area contributed by atoms with E-state index < -0.39 is 0 Å². The second-order valence-corrected chi connectivity index (χ2v) is 5.08. The molecule has 0 atom stereocenters. The van der Waals surface area contributed by atoms with Crippen molar-refractivity contribution in [2.45, 2.75) is 46.0 Å². The first kappa shape index (κ1) is 15.7. The first-order valence-corrected chi connectivity index (χ1v) is 6.93. The van der Waals surface area contributed by atoms with Crippen LogP contribution in [0.4, 0.5) is 11.6 Å². The topological polar surface area (TPSA) is 73.1 Å². The summed E-state index contributed by atoms with van der Waals surface area (Å²) in [5.74, 6) is 2.51. The Morgan fingerprint density at radius 1 is 1.21 bits per heavy atom. The summed E-state index contributed by atoms with van der Waals surface area (Å²) in [6, 6.07) is 0. The monoisotopic (exact) mass is 266 g/mol. The number of hydrogen-bond acceptors (Lipinski definition) is 5. The van der Waals surface area contributed by atoms with Crippen LogP contribution >= 0.6 is 0 Å². The van der Waals surface area contributed by atoms with E-state index in [9.17, 15) is 0 Å². The maximum absolute atomic E-state index is 5.92. The molecule has 5 nitrogen and oxygen atoms in total. The first-order chi connectivity index (χ1) is 9.06. The Morgan fingerprint density at radius 2 is 1.95 bits per heavy atom. The first-order valence-electron chi connectivity index (χ1n) is 6.93. The largest absolute Gasteiger partial charge is 0.385 e. The summed E-state index contributed by atoms with van der Waals surface area (Å²) in [6.07, 6.45) is 3.35. The average Bonchev–Trinajstić information content (AvgIpc) is 2.37. The molecule has 0 bridgehead atoms. The van der Waals surface area contributed by atoms with Crippen molar-refractivity contribution in [3.05, 3.63) is 11.4 Å². The number of nitrogens with one attached hydrogen (secondary N) is 1. The molecule has 0 saturated heterocycles. The van der Waals surface area contributed by atoms with Crippen molar-refractivity contribution >= 4 is 11.6 Å². The molecule has 1 aromatic rings. The van der Waals surface area contributed by atoms with E-state index in [0.29, 0.717) is 5.82 Å². The lowest BCUT2D eigenvalue weighted by Crippen LogP contribution is -2.11. The number of anilines is 2. The number of ether oxygens (including phenoxy) is 1. The lowest BCUT2D eigenvalue weighted by molar-refractivity contribution is 0.192. The van der Waals surface area contributed by atoms with E-state index in [4.69, 9.17) is 10.5 Å². The van der Waals surface area contributed by atoms with Gasteiger partial charge < -0.3 is 15.8 Å². The average molecular weight is 266 g/mol. The van der Waals surface area contributed by atoms with Crippen molar-refractivity contribution in [3.8, 4) is 0 Å². The Morgan fingerprint density at radius 3 is 2.58 bits per heavy atom. The summed E-state index contributed by atoms with van der Waals surface area (Å²) < 4.78 is 5.03. The summed E-state index contributed by atoms with van der Waals surface area (Å²) in [5, 5.41) is 3.35. The van der Waals surface area contributed by atoms with Gasteiger partial charge in [0.15, 0.2) is 0 Å². The number of nitrogen functional groups attached to an aromatic ring is 1. The predicted octanol–water partition coefficient (Wildman–Crippen LogP) is 2.72. The van der Waals surface area contributed by atoms with E-state index in [1.807, 2.05) is 6.92 Å². The minimum Gasteiger partial charge on any atom is -0.385 e. The van der Waals surface area contributed by atoms with E-state index in [0.717, 1.165) is 49.6 Å².